The molecule has 0 saturated carbocycles. The Morgan fingerprint density at radius 3 is 2.52 bits per heavy atom. The molecule has 3 aromatic rings. The first-order valence-electron chi connectivity index (χ1n) is 9.91. The van der Waals surface area contributed by atoms with E-state index in [1.54, 1.807) is 42.5 Å². The van der Waals surface area contributed by atoms with Gasteiger partial charge < -0.3 is 15.4 Å². The van der Waals surface area contributed by atoms with Gasteiger partial charge in [0.2, 0.25) is 5.56 Å². The van der Waals surface area contributed by atoms with E-state index in [0.717, 1.165) is 0 Å². The van der Waals surface area contributed by atoms with E-state index in [-0.39, 0.29) is 12.0 Å². The Kier molecular flexibility index (Phi) is 5.10. The van der Waals surface area contributed by atoms with Crippen LogP contribution < -0.4 is 10.9 Å². The van der Waals surface area contributed by atoms with Crippen LogP contribution in [0.2, 0.25) is 5.02 Å². The fourth-order valence-electron chi connectivity index (χ4n) is 4.50. The van der Waals surface area contributed by atoms with Gasteiger partial charge in [-0.3, -0.25) is 4.79 Å². The van der Waals surface area contributed by atoms with Crippen LogP contribution in [-0.2, 0) is 5.41 Å². The van der Waals surface area contributed by atoms with E-state index in [0.29, 0.717) is 32.7 Å². The minimum absolute atomic E-state index is 0.0980. The molecular formula is C23H22ClF3N2O2. The van der Waals surface area contributed by atoms with Crippen LogP contribution in [0.1, 0.15) is 43.9 Å². The molecule has 1 aliphatic rings. The molecule has 31 heavy (non-hydrogen) atoms. The average molecular weight is 451 g/mol. The highest BCUT2D eigenvalue weighted by atomic mass is 35.5. The van der Waals surface area contributed by atoms with Crippen molar-refractivity contribution < 1.29 is 18.3 Å². The van der Waals surface area contributed by atoms with Gasteiger partial charge in [0, 0.05) is 22.2 Å². The molecule has 2 aromatic carbocycles. The molecule has 0 amide bonds. The third kappa shape index (κ3) is 3.59. The maximum atomic E-state index is 14.3. The number of H-pyrrole nitrogens is 1. The molecule has 2 atom stereocenters. The van der Waals surface area contributed by atoms with Crippen LogP contribution in [0.3, 0.4) is 0 Å². The number of pyridine rings is 1. The standard InChI is InChI=1S/C23H22ClF3N2O2/c1-21(2)11-12-22(31,23(25,26)27)20(14-5-3-6-15(24)19(14)21)29-17-8-4-7-16-13(17)9-10-18(30)28-16/h3-10,20,29,31H,11-12H2,1-2H3,(H,28,30). The smallest absolute Gasteiger partial charge is 0.379 e. The lowest BCUT2D eigenvalue weighted by Crippen LogP contribution is -2.52. The molecule has 0 fully saturated rings. The topological polar surface area (TPSA) is 65.1 Å². The highest BCUT2D eigenvalue weighted by Gasteiger charge is 2.61. The zero-order valence-corrected chi connectivity index (χ0v) is 17.7. The van der Waals surface area contributed by atoms with Crippen molar-refractivity contribution in [2.45, 2.75) is 49.9 Å². The molecule has 1 aliphatic carbocycles. The second-order valence-corrected chi connectivity index (χ2v) is 9.08. The van der Waals surface area contributed by atoms with Gasteiger partial charge in [-0.05, 0) is 53.6 Å². The van der Waals surface area contributed by atoms with E-state index in [2.05, 4.69) is 10.3 Å². The van der Waals surface area contributed by atoms with Crippen molar-refractivity contribution in [3.05, 3.63) is 75.0 Å². The first-order chi connectivity index (χ1) is 14.4. The summed E-state index contributed by atoms with van der Waals surface area (Å²) >= 11 is 6.46. The van der Waals surface area contributed by atoms with Crippen molar-refractivity contribution in [1.29, 1.82) is 0 Å². The van der Waals surface area contributed by atoms with E-state index in [1.165, 1.54) is 6.07 Å². The van der Waals surface area contributed by atoms with Crippen molar-refractivity contribution in [3.63, 3.8) is 0 Å². The van der Waals surface area contributed by atoms with Crippen molar-refractivity contribution in [1.82, 2.24) is 4.98 Å². The summed E-state index contributed by atoms with van der Waals surface area (Å²) < 4.78 is 42.9. The predicted molar refractivity (Wildman–Crippen MR) is 116 cm³/mol. The summed E-state index contributed by atoms with van der Waals surface area (Å²) in [5.74, 6) is 0. The Morgan fingerprint density at radius 1 is 1.10 bits per heavy atom. The summed E-state index contributed by atoms with van der Waals surface area (Å²) in [4.78, 5) is 14.3. The molecule has 3 N–H and O–H groups in total. The zero-order valence-electron chi connectivity index (χ0n) is 17.0. The van der Waals surface area contributed by atoms with Crippen LogP contribution in [0.25, 0.3) is 10.9 Å². The average Bonchev–Trinajstić information content (AvgIpc) is 2.77. The predicted octanol–water partition coefficient (Wildman–Crippen LogP) is 5.70. The van der Waals surface area contributed by atoms with Crippen molar-refractivity contribution in [2.75, 3.05) is 5.32 Å². The third-order valence-corrected chi connectivity index (χ3v) is 6.51. The number of aromatic nitrogens is 1. The number of aliphatic hydroxyl groups is 1. The Bertz CT molecular complexity index is 1210. The number of benzene rings is 2. The normalized spacial score (nSPS) is 23.3. The number of hydrogen-bond acceptors (Lipinski definition) is 3. The number of hydrogen-bond donors (Lipinski definition) is 3. The molecule has 0 spiro atoms. The van der Waals surface area contributed by atoms with Gasteiger partial charge in [-0.1, -0.05) is 43.6 Å². The lowest BCUT2D eigenvalue weighted by molar-refractivity contribution is -0.269. The number of rotatable bonds is 2. The number of nitrogens with one attached hydrogen (secondary N) is 2. The second kappa shape index (κ2) is 7.28. The minimum Gasteiger partial charge on any atom is -0.379 e. The number of anilines is 1. The van der Waals surface area contributed by atoms with E-state index in [9.17, 15) is 23.1 Å². The first kappa shape index (κ1) is 21.7. The summed E-state index contributed by atoms with van der Waals surface area (Å²) in [6.07, 6.45) is -5.28. The molecule has 1 heterocycles. The molecule has 8 heteroatoms. The van der Waals surface area contributed by atoms with E-state index in [4.69, 9.17) is 11.6 Å². The molecule has 4 rings (SSSR count). The number of aromatic amines is 1. The Balaban J connectivity index is 1.96. The van der Waals surface area contributed by atoms with Gasteiger partial charge in [0.15, 0.2) is 5.60 Å². The van der Waals surface area contributed by atoms with Gasteiger partial charge in [-0.15, -0.1) is 0 Å². The van der Waals surface area contributed by atoms with Gasteiger partial charge in [-0.2, -0.15) is 13.2 Å². The maximum Gasteiger partial charge on any atom is 0.419 e. The molecule has 164 valence electrons. The quantitative estimate of drug-likeness (QED) is 0.439. The maximum absolute atomic E-state index is 14.3. The Morgan fingerprint density at radius 2 is 1.81 bits per heavy atom. The largest absolute Gasteiger partial charge is 0.419 e. The highest BCUT2D eigenvalue weighted by molar-refractivity contribution is 6.31. The molecular weight excluding hydrogens is 429 g/mol. The lowest BCUT2D eigenvalue weighted by atomic mass is 9.79. The van der Waals surface area contributed by atoms with Gasteiger partial charge in [-0.25, -0.2) is 0 Å². The summed E-state index contributed by atoms with van der Waals surface area (Å²) in [6.45, 7) is 3.67. The Hall–Kier alpha value is -2.51. The van der Waals surface area contributed by atoms with Crippen molar-refractivity contribution in [2.24, 2.45) is 0 Å². The second-order valence-electron chi connectivity index (χ2n) is 8.68. The SMILES string of the molecule is CC1(C)CCC(O)(C(F)(F)F)C(Nc2cccc3[nH]c(=O)ccc23)c2cccc(Cl)c21. The van der Waals surface area contributed by atoms with Gasteiger partial charge in [0.05, 0.1) is 11.6 Å². The van der Waals surface area contributed by atoms with Gasteiger partial charge in [0.1, 0.15) is 0 Å². The molecule has 0 radical (unpaired) electrons. The highest BCUT2D eigenvalue weighted by Crippen LogP contribution is 2.53. The van der Waals surface area contributed by atoms with Crippen molar-refractivity contribution >= 4 is 28.2 Å². The molecule has 2 unspecified atom stereocenters. The zero-order chi connectivity index (χ0) is 22.6. The van der Waals surface area contributed by atoms with Crippen LogP contribution in [0.5, 0.6) is 0 Å². The van der Waals surface area contributed by atoms with Gasteiger partial charge >= 0.3 is 6.18 Å². The minimum atomic E-state index is -4.89. The molecule has 0 bridgehead atoms. The van der Waals surface area contributed by atoms with Crippen LogP contribution >= 0.6 is 11.6 Å². The fraction of sp³-hybridized carbons (Fsp3) is 0.348. The van der Waals surface area contributed by atoms with Crippen LogP contribution in [0, 0.1) is 0 Å². The monoisotopic (exact) mass is 450 g/mol. The summed E-state index contributed by atoms with van der Waals surface area (Å²) in [5.41, 5.74) is -2.28. The van der Waals surface area contributed by atoms with E-state index >= 15 is 0 Å². The Labute approximate surface area is 182 Å². The number of fused-ring (bicyclic) bond motifs is 2. The van der Waals surface area contributed by atoms with Crippen LogP contribution in [-0.4, -0.2) is 21.9 Å². The van der Waals surface area contributed by atoms with Crippen molar-refractivity contribution in [3.8, 4) is 0 Å². The van der Waals surface area contributed by atoms with Crippen LogP contribution in [0.4, 0.5) is 18.9 Å². The number of alkyl halides is 3. The molecule has 0 saturated heterocycles. The lowest BCUT2D eigenvalue weighted by Gasteiger charge is -2.38. The fourth-order valence-corrected chi connectivity index (χ4v) is 4.93. The third-order valence-electron chi connectivity index (χ3n) is 6.20. The summed E-state index contributed by atoms with van der Waals surface area (Å²) in [5, 5.41) is 15.0. The van der Waals surface area contributed by atoms with Gasteiger partial charge in [0.25, 0.3) is 0 Å². The molecule has 0 aliphatic heterocycles. The molecule has 4 nitrogen and oxygen atoms in total. The van der Waals surface area contributed by atoms with E-state index < -0.39 is 29.7 Å². The summed E-state index contributed by atoms with van der Waals surface area (Å²) in [7, 11) is 0. The van der Waals surface area contributed by atoms with Crippen LogP contribution in [0.15, 0.2) is 53.3 Å². The number of halogens is 4. The summed E-state index contributed by atoms with van der Waals surface area (Å²) in [6, 6.07) is 11.1. The first-order valence-corrected chi connectivity index (χ1v) is 10.3. The van der Waals surface area contributed by atoms with E-state index in [1.807, 2.05) is 13.8 Å². The molecule has 1 aromatic heterocycles.